The molecular weight excluding hydrogens is 527 g/mol. The van der Waals surface area contributed by atoms with Gasteiger partial charge < -0.3 is 4.57 Å². The van der Waals surface area contributed by atoms with E-state index in [-0.39, 0.29) is 9.79 Å². The van der Waals surface area contributed by atoms with Crippen LogP contribution in [0.4, 0.5) is 13.2 Å². The van der Waals surface area contributed by atoms with Crippen LogP contribution in [-0.2, 0) is 32.0 Å². The Kier molecular flexibility index (Phi) is 8.30. The van der Waals surface area contributed by atoms with Crippen molar-refractivity contribution >= 4 is 20.0 Å². The lowest BCUT2D eigenvalue weighted by molar-refractivity contribution is -0.147. The number of rotatable bonds is 7. The van der Waals surface area contributed by atoms with Crippen molar-refractivity contribution in [2.75, 3.05) is 0 Å². The molecule has 0 unspecified atom stereocenters. The first-order chi connectivity index (χ1) is 16.8. The Labute approximate surface area is 217 Å². The van der Waals surface area contributed by atoms with Crippen LogP contribution in [0.25, 0.3) is 11.3 Å². The second-order valence-electron chi connectivity index (χ2n) is 11.0. The highest BCUT2D eigenvalue weighted by Gasteiger charge is 2.40. The molecule has 12 heteroatoms. The summed E-state index contributed by atoms with van der Waals surface area (Å²) in [6.45, 7) is 8.32. The highest BCUT2D eigenvalue weighted by atomic mass is 32.2. The third-order valence-electron chi connectivity index (χ3n) is 6.99. The van der Waals surface area contributed by atoms with E-state index in [4.69, 9.17) is 5.14 Å². The number of hydrogen-bond donors (Lipinski definition) is 2. The summed E-state index contributed by atoms with van der Waals surface area (Å²) in [7, 11) is -8.52. The van der Waals surface area contributed by atoms with Crippen LogP contribution >= 0.6 is 0 Å². The van der Waals surface area contributed by atoms with Crippen molar-refractivity contribution in [3.05, 3.63) is 35.5 Å². The third kappa shape index (κ3) is 6.76. The molecule has 1 aliphatic carbocycles. The number of nitrogens with two attached hydrogens (primary N) is 1. The van der Waals surface area contributed by atoms with Gasteiger partial charge in [-0.3, -0.25) is 0 Å². The first-order valence-electron chi connectivity index (χ1n) is 12.3. The molecule has 1 heterocycles. The normalized spacial score (nSPS) is 17.2. The van der Waals surface area contributed by atoms with E-state index in [1.165, 1.54) is 24.6 Å². The molecule has 0 amide bonds. The summed E-state index contributed by atoms with van der Waals surface area (Å²) in [6, 6.07) is 3.63. The molecule has 0 spiro atoms. The van der Waals surface area contributed by atoms with Crippen LogP contribution in [0.2, 0.25) is 0 Å². The molecule has 37 heavy (non-hydrogen) atoms. The van der Waals surface area contributed by atoms with Gasteiger partial charge in [-0.25, -0.2) is 22.0 Å². The fraction of sp³-hybridized carbons (Fsp3) is 0.600. The Hall–Kier alpha value is -1.89. The number of benzene rings is 1. The van der Waals surface area contributed by atoms with Crippen LogP contribution in [0.5, 0.6) is 0 Å². The predicted octanol–water partition coefficient (Wildman–Crippen LogP) is 5.22. The van der Waals surface area contributed by atoms with Crippen molar-refractivity contribution in [3.8, 4) is 11.3 Å². The SMILES string of the molecule is Cc1c(S(N)(=O)=O)cc(-c2ccc(S(=O)(=O)N[C@H](C)C(F)(F)F)c(C(C)(C)C)c2)n1CC1CCCCC1. The molecular formula is C25H36F3N3O4S2. The standard InChI is InChI=1S/C25H36F3N3O4S2/c1-16-23(36(29,32)33)14-21(31(16)15-18-9-7-6-8-10-18)19-11-12-22(20(13-19)24(3,4)5)37(34,35)30-17(2)25(26,27)28/h11-14,17-18,30H,6-10,15H2,1-5H3,(H2,29,32,33)/t17-/m1/s1. The van der Waals surface area contributed by atoms with Crippen LogP contribution < -0.4 is 9.86 Å². The number of aromatic nitrogens is 1. The molecule has 2 aromatic rings. The molecule has 7 nitrogen and oxygen atoms in total. The summed E-state index contributed by atoms with van der Waals surface area (Å²) >= 11 is 0. The van der Waals surface area contributed by atoms with Gasteiger partial charge in [-0.15, -0.1) is 0 Å². The van der Waals surface area contributed by atoms with Crippen molar-refractivity contribution in [1.29, 1.82) is 0 Å². The molecule has 3 rings (SSSR count). The lowest BCUT2D eigenvalue weighted by atomic mass is 9.85. The Morgan fingerprint density at radius 1 is 1.03 bits per heavy atom. The third-order valence-corrected chi connectivity index (χ3v) is 9.61. The van der Waals surface area contributed by atoms with E-state index < -0.39 is 37.7 Å². The molecule has 1 aromatic carbocycles. The summed E-state index contributed by atoms with van der Waals surface area (Å²) in [5.41, 5.74) is 1.18. The van der Waals surface area contributed by atoms with Crippen LogP contribution in [0.1, 0.15) is 71.1 Å². The van der Waals surface area contributed by atoms with E-state index in [9.17, 15) is 30.0 Å². The van der Waals surface area contributed by atoms with E-state index >= 15 is 0 Å². The maximum absolute atomic E-state index is 13.1. The lowest BCUT2D eigenvalue weighted by Crippen LogP contribution is -2.43. The van der Waals surface area contributed by atoms with Gasteiger partial charge in [0.25, 0.3) is 0 Å². The molecule has 1 aliphatic rings. The second-order valence-corrected chi connectivity index (χ2v) is 14.2. The van der Waals surface area contributed by atoms with Gasteiger partial charge in [0.2, 0.25) is 20.0 Å². The zero-order chi connectivity index (χ0) is 28.0. The zero-order valence-corrected chi connectivity index (χ0v) is 23.4. The zero-order valence-electron chi connectivity index (χ0n) is 21.8. The van der Waals surface area contributed by atoms with Crippen molar-refractivity contribution in [3.63, 3.8) is 0 Å². The van der Waals surface area contributed by atoms with E-state index in [0.29, 0.717) is 35.0 Å². The van der Waals surface area contributed by atoms with Crippen molar-refractivity contribution in [2.24, 2.45) is 11.1 Å². The molecule has 1 fully saturated rings. The van der Waals surface area contributed by atoms with Gasteiger partial charge in [0.05, 0.1) is 4.90 Å². The second kappa shape index (κ2) is 10.3. The van der Waals surface area contributed by atoms with Crippen LogP contribution in [0.15, 0.2) is 34.1 Å². The Bertz CT molecular complexity index is 1350. The summed E-state index contributed by atoms with van der Waals surface area (Å²) in [5.74, 6) is 0.363. The molecule has 1 atom stereocenters. The van der Waals surface area contributed by atoms with Crippen molar-refractivity contribution < 1.29 is 30.0 Å². The summed E-state index contributed by atoms with van der Waals surface area (Å²) in [4.78, 5) is -0.262. The fourth-order valence-electron chi connectivity index (χ4n) is 4.88. The van der Waals surface area contributed by atoms with Gasteiger partial charge in [0.15, 0.2) is 0 Å². The minimum Gasteiger partial charge on any atom is -0.343 e. The van der Waals surface area contributed by atoms with Crippen LogP contribution in [0, 0.1) is 12.8 Å². The molecule has 0 saturated heterocycles. The number of hydrogen-bond acceptors (Lipinski definition) is 4. The minimum atomic E-state index is -4.74. The van der Waals surface area contributed by atoms with E-state index in [2.05, 4.69) is 0 Å². The molecule has 0 aliphatic heterocycles. The Morgan fingerprint density at radius 3 is 2.14 bits per heavy atom. The molecule has 3 N–H and O–H groups in total. The Balaban J connectivity index is 2.17. The predicted molar refractivity (Wildman–Crippen MR) is 137 cm³/mol. The summed E-state index contributed by atoms with van der Waals surface area (Å²) in [5, 5.41) is 5.49. The minimum absolute atomic E-state index is 0.00650. The quantitative estimate of drug-likeness (QED) is 0.481. The highest BCUT2D eigenvalue weighted by Crippen LogP contribution is 2.37. The van der Waals surface area contributed by atoms with Gasteiger partial charge >= 0.3 is 6.18 Å². The maximum Gasteiger partial charge on any atom is 0.404 e. The number of alkyl halides is 3. The number of nitrogens with one attached hydrogen (secondary N) is 1. The first-order valence-corrected chi connectivity index (χ1v) is 15.3. The first kappa shape index (κ1) is 29.7. The average Bonchev–Trinajstić information content (AvgIpc) is 3.09. The lowest BCUT2D eigenvalue weighted by Gasteiger charge is -2.26. The summed E-state index contributed by atoms with van der Waals surface area (Å²) in [6.07, 6.45) is 0.683. The molecule has 0 bridgehead atoms. The van der Waals surface area contributed by atoms with Gasteiger partial charge in [-0.05, 0) is 67.3 Å². The van der Waals surface area contributed by atoms with Crippen LogP contribution in [0.3, 0.4) is 0 Å². The maximum atomic E-state index is 13.1. The smallest absolute Gasteiger partial charge is 0.343 e. The number of nitrogens with zero attached hydrogens (tertiary/aromatic N) is 1. The average molecular weight is 564 g/mol. The summed E-state index contributed by atoms with van der Waals surface area (Å²) < 4.78 is 93.6. The van der Waals surface area contributed by atoms with Crippen molar-refractivity contribution in [2.45, 2.75) is 101 Å². The van der Waals surface area contributed by atoms with Gasteiger partial charge in [0, 0.05) is 17.9 Å². The molecule has 1 saturated carbocycles. The largest absolute Gasteiger partial charge is 0.404 e. The van der Waals surface area contributed by atoms with Gasteiger partial charge in [-0.1, -0.05) is 46.1 Å². The number of primary sulfonamides is 1. The number of halogens is 3. The topological polar surface area (TPSA) is 111 Å². The number of sulfonamides is 2. The monoisotopic (exact) mass is 563 g/mol. The van der Waals surface area contributed by atoms with Crippen LogP contribution in [-0.4, -0.2) is 33.6 Å². The Morgan fingerprint density at radius 2 is 1.62 bits per heavy atom. The van der Waals surface area contributed by atoms with Gasteiger partial charge in [-0.2, -0.15) is 17.9 Å². The van der Waals surface area contributed by atoms with Gasteiger partial charge in [0.1, 0.15) is 10.9 Å². The van der Waals surface area contributed by atoms with E-state index in [1.54, 1.807) is 38.5 Å². The molecule has 0 radical (unpaired) electrons. The highest BCUT2D eigenvalue weighted by molar-refractivity contribution is 7.89. The molecule has 1 aromatic heterocycles. The fourth-order valence-corrected chi connectivity index (χ4v) is 7.31. The van der Waals surface area contributed by atoms with Crippen molar-refractivity contribution in [1.82, 2.24) is 9.29 Å². The molecule has 208 valence electrons. The van der Waals surface area contributed by atoms with E-state index in [1.807, 2.05) is 4.57 Å². The van der Waals surface area contributed by atoms with E-state index in [0.717, 1.165) is 32.6 Å².